The van der Waals surface area contributed by atoms with Gasteiger partial charge in [0.1, 0.15) is 17.3 Å². The number of halogens is 3. The van der Waals surface area contributed by atoms with Crippen LogP contribution in [0.2, 0.25) is 0 Å². The summed E-state index contributed by atoms with van der Waals surface area (Å²) >= 11 is 0. The van der Waals surface area contributed by atoms with Gasteiger partial charge in [0.2, 0.25) is 0 Å². The first-order chi connectivity index (χ1) is 14.8. The maximum absolute atomic E-state index is 12.7. The van der Waals surface area contributed by atoms with Gasteiger partial charge in [-0.1, -0.05) is 12.1 Å². The summed E-state index contributed by atoms with van der Waals surface area (Å²) in [6.07, 6.45) is -4.40. The zero-order valence-electron chi connectivity index (χ0n) is 16.6. The van der Waals surface area contributed by atoms with Gasteiger partial charge >= 0.3 is 6.18 Å². The highest BCUT2D eigenvalue weighted by molar-refractivity contribution is 5.98. The molecule has 0 bridgehead atoms. The molecule has 0 saturated carbocycles. The first-order valence-electron chi connectivity index (χ1n) is 9.23. The van der Waals surface area contributed by atoms with Crippen molar-refractivity contribution in [2.24, 2.45) is 0 Å². The third kappa shape index (κ3) is 5.95. The fourth-order valence-corrected chi connectivity index (χ4v) is 2.78. The molecular weight excluding hydrogens is 411 g/mol. The summed E-state index contributed by atoms with van der Waals surface area (Å²) in [5.41, 5.74) is 6.70. The van der Waals surface area contributed by atoms with Crippen molar-refractivity contribution < 1.29 is 27.4 Å². The number of benzene rings is 2. The number of aromatic nitrogens is 1. The molecule has 9 heteroatoms. The van der Waals surface area contributed by atoms with Crippen LogP contribution >= 0.6 is 0 Å². The number of methoxy groups -OCH3 is 1. The number of anilines is 1. The summed E-state index contributed by atoms with van der Waals surface area (Å²) in [6.45, 7) is 0.486. The molecule has 1 heterocycles. The quantitative estimate of drug-likeness (QED) is 0.573. The van der Waals surface area contributed by atoms with E-state index >= 15 is 0 Å². The van der Waals surface area contributed by atoms with Gasteiger partial charge in [-0.15, -0.1) is 0 Å². The predicted octanol–water partition coefficient (Wildman–Crippen LogP) is 4.55. The van der Waals surface area contributed by atoms with Crippen LogP contribution in [-0.2, 0) is 24.1 Å². The van der Waals surface area contributed by atoms with Crippen molar-refractivity contribution in [2.45, 2.75) is 19.3 Å². The minimum Gasteiger partial charge on any atom is -0.457 e. The minimum absolute atomic E-state index is 0.103. The topological polar surface area (TPSA) is 86.5 Å². The Morgan fingerprint density at radius 1 is 1.06 bits per heavy atom. The number of ether oxygens (including phenoxy) is 2. The molecule has 0 aliphatic carbocycles. The third-order valence-electron chi connectivity index (χ3n) is 4.29. The number of nitrogens with two attached hydrogens (primary N) is 1. The van der Waals surface area contributed by atoms with Gasteiger partial charge in [-0.2, -0.15) is 13.2 Å². The van der Waals surface area contributed by atoms with Crippen LogP contribution in [0.1, 0.15) is 27.2 Å². The second-order valence-electron chi connectivity index (χ2n) is 6.62. The number of carbonyl (C=O) groups is 1. The van der Waals surface area contributed by atoms with Crippen molar-refractivity contribution in [3.05, 3.63) is 83.0 Å². The number of nitrogens with one attached hydrogen (secondary N) is 1. The number of rotatable bonds is 7. The van der Waals surface area contributed by atoms with Crippen LogP contribution in [0, 0.1) is 0 Å². The second kappa shape index (κ2) is 9.48. The Balaban J connectivity index is 1.62. The lowest BCUT2D eigenvalue weighted by Gasteiger charge is -2.11. The Hall–Kier alpha value is -3.59. The molecule has 0 saturated heterocycles. The number of pyridine rings is 1. The average molecular weight is 431 g/mol. The molecule has 3 N–H and O–H groups in total. The van der Waals surface area contributed by atoms with Crippen molar-refractivity contribution in [1.29, 1.82) is 0 Å². The van der Waals surface area contributed by atoms with Gasteiger partial charge < -0.3 is 20.5 Å². The molecule has 0 aliphatic rings. The molecule has 162 valence electrons. The van der Waals surface area contributed by atoms with Crippen molar-refractivity contribution in [1.82, 2.24) is 10.3 Å². The van der Waals surface area contributed by atoms with Crippen molar-refractivity contribution >= 4 is 11.7 Å². The Labute approximate surface area is 176 Å². The number of carbonyl (C=O) groups excluding carboxylic acids is 1. The first-order valence-corrected chi connectivity index (χ1v) is 9.23. The largest absolute Gasteiger partial charge is 0.457 e. The number of amides is 1. The lowest BCUT2D eigenvalue weighted by atomic mass is 10.2. The van der Waals surface area contributed by atoms with E-state index < -0.39 is 11.7 Å². The summed E-state index contributed by atoms with van der Waals surface area (Å²) in [4.78, 5) is 16.5. The third-order valence-corrected chi connectivity index (χ3v) is 4.29. The standard InChI is InChI=1S/C22H20F3N3O3/c1-30-13-16-7-10-19(20(26)28-16)21(29)27-12-14-3-2-4-18(11-14)31-17-8-5-15(6-9-17)22(23,24)25/h2-11H,12-13H2,1H3,(H2,26,28)(H,27,29). The van der Waals surface area contributed by atoms with Crippen LogP contribution in [0.15, 0.2) is 60.7 Å². The molecule has 1 amide bonds. The molecule has 0 fully saturated rings. The zero-order valence-corrected chi connectivity index (χ0v) is 16.6. The van der Waals surface area contributed by atoms with E-state index in [0.29, 0.717) is 11.4 Å². The van der Waals surface area contributed by atoms with E-state index in [1.807, 2.05) is 0 Å². The number of hydrogen-bond donors (Lipinski definition) is 2. The van der Waals surface area contributed by atoms with Gasteiger partial charge in [-0.05, 0) is 54.1 Å². The molecular formula is C22H20F3N3O3. The molecule has 0 spiro atoms. The predicted molar refractivity (Wildman–Crippen MR) is 108 cm³/mol. The van der Waals surface area contributed by atoms with Crippen LogP contribution in [0.5, 0.6) is 11.5 Å². The fourth-order valence-electron chi connectivity index (χ4n) is 2.78. The van der Waals surface area contributed by atoms with E-state index in [0.717, 1.165) is 17.7 Å². The van der Waals surface area contributed by atoms with Crippen molar-refractivity contribution in [3.63, 3.8) is 0 Å². The van der Waals surface area contributed by atoms with Gasteiger partial charge in [0, 0.05) is 13.7 Å². The van der Waals surface area contributed by atoms with Gasteiger partial charge in [-0.25, -0.2) is 4.98 Å². The van der Waals surface area contributed by atoms with Gasteiger partial charge in [0.15, 0.2) is 0 Å². The number of alkyl halides is 3. The van der Waals surface area contributed by atoms with E-state index in [2.05, 4.69) is 10.3 Å². The number of nitrogens with zero attached hydrogens (tertiary/aromatic N) is 1. The number of hydrogen-bond acceptors (Lipinski definition) is 5. The maximum atomic E-state index is 12.7. The summed E-state index contributed by atoms with van der Waals surface area (Å²) in [6, 6.07) is 14.5. The lowest BCUT2D eigenvalue weighted by Crippen LogP contribution is -2.24. The summed E-state index contributed by atoms with van der Waals surface area (Å²) in [5, 5.41) is 2.75. The van der Waals surface area contributed by atoms with Gasteiger partial charge in [0.05, 0.1) is 23.4 Å². The second-order valence-corrected chi connectivity index (χ2v) is 6.62. The minimum atomic E-state index is -4.40. The first kappa shape index (κ1) is 22.1. The van der Waals surface area contributed by atoms with Gasteiger partial charge in [0.25, 0.3) is 5.91 Å². The summed E-state index contributed by atoms with van der Waals surface area (Å²) in [5.74, 6) is 0.412. The van der Waals surface area contributed by atoms with Gasteiger partial charge in [-0.3, -0.25) is 4.79 Å². The monoisotopic (exact) mass is 431 g/mol. The molecule has 6 nitrogen and oxygen atoms in total. The van der Waals surface area contributed by atoms with E-state index in [1.165, 1.54) is 19.2 Å². The zero-order chi connectivity index (χ0) is 22.4. The normalized spacial score (nSPS) is 11.2. The maximum Gasteiger partial charge on any atom is 0.416 e. The Kier molecular flexibility index (Phi) is 6.76. The highest BCUT2D eigenvalue weighted by atomic mass is 19.4. The molecule has 0 radical (unpaired) electrons. The Morgan fingerprint density at radius 2 is 1.81 bits per heavy atom. The molecule has 3 aromatic rings. The molecule has 0 aliphatic heterocycles. The highest BCUT2D eigenvalue weighted by Crippen LogP contribution is 2.31. The summed E-state index contributed by atoms with van der Waals surface area (Å²) in [7, 11) is 1.54. The van der Waals surface area contributed by atoms with Crippen LogP contribution in [0.25, 0.3) is 0 Å². The molecule has 1 aromatic heterocycles. The Morgan fingerprint density at radius 3 is 2.45 bits per heavy atom. The van der Waals surface area contributed by atoms with Crippen molar-refractivity contribution in [3.8, 4) is 11.5 Å². The van der Waals surface area contributed by atoms with E-state index in [-0.39, 0.29) is 36.2 Å². The van der Waals surface area contributed by atoms with E-state index in [1.54, 1.807) is 36.4 Å². The van der Waals surface area contributed by atoms with Crippen LogP contribution in [-0.4, -0.2) is 18.0 Å². The average Bonchev–Trinajstić information content (AvgIpc) is 2.72. The van der Waals surface area contributed by atoms with Crippen molar-refractivity contribution in [2.75, 3.05) is 12.8 Å². The smallest absolute Gasteiger partial charge is 0.416 e. The van der Waals surface area contributed by atoms with E-state index in [9.17, 15) is 18.0 Å². The molecule has 0 atom stereocenters. The molecule has 0 unspecified atom stereocenters. The fraction of sp³-hybridized carbons (Fsp3) is 0.182. The molecule has 2 aromatic carbocycles. The SMILES string of the molecule is COCc1ccc(C(=O)NCc2cccc(Oc3ccc(C(F)(F)F)cc3)c2)c(N)n1. The number of nitrogen functional groups attached to an aromatic ring is 1. The van der Waals surface area contributed by atoms with Crippen LogP contribution in [0.3, 0.4) is 0 Å². The lowest BCUT2D eigenvalue weighted by molar-refractivity contribution is -0.137. The van der Waals surface area contributed by atoms with E-state index in [4.69, 9.17) is 15.2 Å². The Bertz CT molecular complexity index is 1050. The molecule has 3 rings (SSSR count). The van der Waals surface area contributed by atoms with Crippen LogP contribution < -0.4 is 15.8 Å². The highest BCUT2D eigenvalue weighted by Gasteiger charge is 2.30. The molecule has 31 heavy (non-hydrogen) atoms. The summed E-state index contributed by atoms with van der Waals surface area (Å²) < 4.78 is 48.6. The van der Waals surface area contributed by atoms with Crippen LogP contribution in [0.4, 0.5) is 19.0 Å².